The average molecular weight is 647 g/mol. The number of hydrogen-bond donors (Lipinski definition) is 1. The van der Waals surface area contributed by atoms with Crippen LogP contribution in [0.2, 0.25) is 0 Å². The minimum absolute atomic E-state index is 0. The molecule has 0 saturated carbocycles. The number of methoxy groups -OCH3 is 1. The molecule has 1 aromatic heterocycles. The molecule has 0 fully saturated rings. The molecule has 1 heterocycles. The van der Waals surface area contributed by atoms with Crippen molar-refractivity contribution in [2.75, 3.05) is 34.8 Å². The van der Waals surface area contributed by atoms with Crippen LogP contribution in [0.4, 0.5) is 0 Å². The Morgan fingerprint density at radius 3 is 2.17 bits per heavy atom. The number of ether oxygens (including phenoxy) is 1. The van der Waals surface area contributed by atoms with Crippen LogP contribution in [0.3, 0.4) is 0 Å². The van der Waals surface area contributed by atoms with Gasteiger partial charge in [-0.2, -0.15) is 0 Å². The predicted octanol–water partition coefficient (Wildman–Crippen LogP) is 3.13. The first-order valence-electron chi connectivity index (χ1n) is 11.5. The van der Waals surface area contributed by atoms with Gasteiger partial charge in [-0.3, -0.25) is 0 Å². The monoisotopic (exact) mass is 646 g/mol. The highest BCUT2D eigenvalue weighted by Crippen LogP contribution is 2.47. The predicted molar refractivity (Wildman–Crippen MR) is 142 cm³/mol. The van der Waals surface area contributed by atoms with Crippen LogP contribution >= 0.6 is 15.9 Å². The second-order valence-electron chi connectivity index (χ2n) is 9.82. The summed E-state index contributed by atoms with van der Waals surface area (Å²) in [5.74, 6) is 0.150. The van der Waals surface area contributed by atoms with Crippen LogP contribution in [-0.4, -0.2) is 49.4 Å². The summed E-state index contributed by atoms with van der Waals surface area (Å²) in [6.07, 6.45) is 0.569. The van der Waals surface area contributed by atoms with Gasteiger partial charge in [0.15, 0.2) is 0 Å². The molecule has 0 saturated heterocycles. The molecule has 0 aliphatic rings. The maximum Gasteiger partial charge on any atom is 0.217 e. The number of hydrogen-bond acceptors (Lipinski definition) is 3. The highest BCUT2D eigenvalue weighted by Gasteiger charge is 2.43. The summed E-state index contributed by atoms with van der Waals surface area (Å²) in [5.41, 5.74) is 2.44. The lowest BCUT2D eigenvalue weighted by Crippen LogP contribution is -3.00. The molecule has 0 amide bonds. The summed E-state index contributed by atoms with van der Waals surface area (Å²) >= 11 is 3.59. The molecule has 0 radical (unpaired) electrons. The van der Waals surface area contributed by atoms with Crippen molar-refractivity contribution in [3.63, 3.8) is 0 Å². The highest BCUT2D eigenvalue weighted by molar-refractivity contribution is 9.10. The summed E-state index contributed by atoms with van der Waals surface area (Å²) < 4.78 is 7.56. The van der Waals surface area contributed by atoms with Crippen molar-refractivity contribution in [2.45, 2.75) is 17.9 Å². The SMILES string of the molecule is COc1nc2ccc(Br)cc2cc1C(c1ccccc1)C(O)(CC[N+](C)(C)C)c1ccccc1.[I-]. The summed E-state index contributed by atoms with van der Waals surface area (Å²) in [6.45, 7) is 0.795. The Kier molecular flexibility index (Phi) is 8.96. The molecule has 0 bridgehead atoms. The van der Waals surface area contributed by atoms with Gasteiger partial charge in [0.25, 0.3) is 0 Å². The first-order valence-corrected chi connectivity index (χ1v) is 12.3. The van der Waals surface area contributed by atoms with Crippen LogP contribution in [0.15, 0.2) is 89.4 Å². The minimum Gasteiger partial charge on any atom is -1.00 e. The van der Waals surface area contributed by atoms with Crippen molar-refractivity contribution in [2.24, 2.45) is 0 Å². The Balaban J connectivity index is 0.00000342. The van der Waals surface area contributed by atoms with E-state index in [4.69, 9.17) is 9.72 Å². The molecule has 4 rings (SSSR count). The standard InChI is InChI=1S/C29H32BrN2O2.HI/c1-32(2,3)18-17-29(33,23-13-9-6-10-14-23)27(21-11-7-5-8-12-21)25-20-22-19-24(30)15-16-26(22)31-28(25)34-4;/h5-16,19-20,27,33H,17-18H2,1-4H3;1H/q+1;/p-1. The zero-order valence-corrected chi connectivity index (χ0v) is 24.3. The molecule has 4 nitrogen and oxygen atoms in total. The van der Waals surface area contributed by atoms with Crippen molar-refractivity contribution >= 4 is 26.8 Å². The number of nitrogens with zero attached hydrogens (tertiary/aromatic N) is 2. The molecule has 35 heavy (non-hydrogen) atoms. The van der Waals surface area contributed by atoms with Gasteiger partial charge in [0, 0.05) is 27.8 Å². The van der Waals surface area contributed by atoms with E-state index in [1.54, 1.807) is 7.11 Å². The van der Waals surface area contributed by atoms with E-state index in [1.165, 1.54) is 0 Å². The van der Waals surface area contributed by atoms with Crippen molar-refractivity contribution in [1.29, 1.82) is 0 Å². The molecular formula is C29H32BrIN2O2. The van der Waals surface area contributed by atoms with E-state index in [0.717, 1.165) is 43.1 Å². The van der Waals surface area contributed by atoms with Gasteiger partial charge in [-0.25, -0.2) is 4.98 Å². The Labute approximate surface area is 233 Å². The van der Waals surface area contributed by atoms with E-state index < -0.39 is 5.60 Å². The van der Waals surface area contributed by atoms with Gasteiger partial charge in [-0.05, 0) is 35.4 Å². The van der Waals surface area contributed by atoms with E-state index in [0.29, 0.717) is 12.3 Å². The summed E-state index contributed by atoms with van der Waals surface area (Å²) in [7, 11) is 8.10. The topological polar surface area (TPSA) is 42.4 Å². The van der Waals surface area contributed by atoms with Crippen LogP contribution in [0, 0.1) is 0 Å². The van der Waals surface area contributed by atoms with Crippen molar-refractivity contribution in [3.8, 4) is 5.88 Å². The Morgan fingerprint density at radius 2 is 1.57 bits per heavy atom. The van der Waals surface area contributed by atoms with Gasteiger partial charge >= 0.3 is 0 Å². The fourth-order valence-corrected chi connectivity index (χ4v) is 4.94. The normalized spacial score (nSPS) is 14.1. The van der Waals surface area contributed by atoms with E-state index in [2.05, 4.69) is 61.3 Å². The van der Waals surface area contributed by atoms with Crippen LogP contribution in [0.1, 0.15) is 29.0 Å². The summed E-state index contributed by atoms with van der Waals surface area (Å²) in [6, 6.07) is 28.3. The first-order chi connectivity index (χ1) is 16.2. The molecule has 6 heteroatoms. The van der Waals surface area contributed by atoms with E-state index >= 15 is 0 Å². The van der Waals surface area contributed by atoms with Gasteiger partial charge < -0.3 is 38.3 Å². The third-order valence-electron chi connectivity index (χ3n) is 6.32. The van der Waals surface area contributed by atoms with Gasteiger partial charge in [-0.1, -0.05) is 76.6 Å². The molecule has 184 valence electrons. The Morgan fingerprint density at radius 1 is 0.943 bits per heavy atom. The average Bonchev–Trinajstić information content (AvgIpc) is 2.83. The first kappa shape index (κ1) is 27.6. The number of fused-ring (bicyclic) bond motifs is 1. The zero-order chi connectivity index (χ0) is 24.3. The molecule has 4 aromatic rings. The zero-order valence-electron chi connectivity index (χ0n) is 20.6. The van der Waals surface area contributed by atoms with E-state index in [-0.39, 0.29) is 29.9 Å². The van der Waals surface area contributed by atoms with Crippen LogP contribution in [0.5, 0.6) is 5.88 Å². The number of pyridine rings is 1. The maximum atomic E-state index is 12.7. The Bertz CT molecular complexity index is 1260. The van der Waals surface area contributed by atoms with Gasteiger partial charge in [0.2, 0.25) is 5.88 Å². The van der Waals surface area contributed by atoms with Crippen molar-refractivity contribution in [3.05, 3.63) is 106 Å². The molecule has 0 aliphatic heterocycles. The third-order valence-corrected chi connectivity index (χ3v) is 6.82. The largest absolute Gasteiger partial charge is 1.00 e. The number of aromatic nitrogens is 1. The van der Waals surface area contributed by atoms with Crippen LogP contribution in [-0.2, 0) is 5.60 Å². The van der Waals surface area contributed by atoms with Crippen molar-refractivity contribution in [1.82, 2.24) is 4.98 Å². The van der Waals surface area contributed by atoms with Gasteiger partial charge in [0.1, 0.15) is 5.60 Å². The lowest BCUT2D eigenvalue weighted by atomic mass is 9.71. The Hall–Kier alpha value is -2.00. The van der Waals surface area contributed by atoms with Crippen LogP contribution < -0.4 is 28.7 Å². The highest BCUT2D eigenvalue weighted by atomic mass is 127. The molecule has 2 unspecified atom stereocenters. The lowest BCUT2D eigenvalue weighted by molar-refractivity contribution is -0.871. The number of rotatable bonds is 8. The van der Waals surface area contributed by atoms with E-state index in [1.807, 2.05) is 60.7 Å². The number of halogens is 2. The number of quaternary nitrogens is 1. The van der Waals surface area contributed by atoms with Crippen LogP contribution in [0.25, 0.3) is 10.9 Å². The third kappa shape index (κ3) is 6.23. The van der Waals surface area contributed by atoms with Gasteiger partial charge in [0.05, 0.1) is 40.3 Å². The fraction of sp³-hybridized carbons (Fsp3) is 0.276. The summed E-state index contributed by atoms with van der Waals surface area (Å²) in [5, 5.41) is 13.7. The fourth-order valence-electron chi connectivity index (χ4n) is 4.56. The minimum atomic E-state index is -1.18. The number of benzene rings is 3. The second kappa shape index (κ2) is 11.4. The molecule has 2 atom stereocenters. The number of aliphatic hydroxyl groups is 1. The maximum absolute atomic E-state index is 12.7. The molecule has 0 spiro atoms. The summed E-state index contributed by atoms with van der Waals surface area (Å²) in [4.78, 5) is 4.84. The van der Waals surface area contributed by atoms with Gasteiger partial charge in [-0.15, -0.1) is 0 Å². The molecular weight excluding hydrogens is 615 g/mol. The van der Waals surface area contributed by atoms with E-state index in [9.17, 15) is 5.11 Å². The second-order valence-corrected chi connectivity index (χ2v) is 10.7. The molecule has 0 aliphatic carbocycles. The smallest absolute Gasteiger partial charge is 0.217 e. The lowest BCUT2D eigenvalue weighted by Gasteiger charge is -2.39. The molecule has 1 N–H and O–H groups in total. The molecule has 3 aromatic carbocycles. The quantitative estimate of drug-likeness (QED) is 0.236. The van der Waals surface area contributed by atoms with Crippen molar-refractivity contribution < 1.29 is 38.3 Å².